The quantitative estimate of drug-likeness (QED) is 0.860. The number of hydrogen-bond acceptors (Lipinski definition) is 5. The molecule has 2 aromatic heterocycles. The summed E-state index contributed by atoms with van der Waals surface area (Å²) < 4.78 is 37.8. The Bertz CT molecular complexity index is 826. The lowest BCUT2D eigenvalue weighted by molar-refractivity contribution is 0.0939. The van der Waals surface area contributed by atoms with E-state index in [1.807, 2.05) is 0 Å². The summed E-state index contributed by atoms with van der Waals surface area (Å²) in [5, 5.41) is 2.67. The fourth-order valence-corrected chi connectivity index (χ4v) is 2.40. The molecule has 2 N–H and O–H groups in total. The zero-order chi connectivity index (χ0) is 17.0. The van der Waals surface area contributed by atoms with Crippen LogP contribution in [0.15, 0.2) is 36.9 Å². The summed E-state index contributed by atoms with van der Waals surface area (Å²) in [5.74, 6) is -0.962. The number of carbonyl (C=O) groups is 1. The normalized spacial score (nSPS) is 12.5. The maximum atomic E-state index is 13.1. The summed E-state index contributed by atoms with van der Waals surface area (Å²) in [4.78, 5) is 19.7. The van der Waals surface area contributed by atoms with E-state index < -0.39 is 27.8 Å². The van der Waals surface area contributed by atoms with Gasteiger partial charge in [-0.3, -0.25) is 19.5 Å². The molecule has 9 heteroatoms. The van der Waals surface area contributed by atoms with Gasteiger partial charge in [-0.05, 0) is 24.6 Å². The molecule has 0 bridgehead atoms. The Balaban J connectivity index is 2.13. The van der Waals surface area contributed by atoms with E-state index in [2.05, 4.69) is 20.0 Å². The Morgan fingerprint density at radius 3 is 2.52 bits per heavy atom. The number of anilines is 1. The lowest BCUT2D eigenvalue weighted by Gasteiger charge is -2.14. The Morgan fingerprint density at radius 1 is 1.17 bits per heavy atom. The standard InChI is InChI=1S/C14H15FN4O3S/c1-9(10-3-12(15)7-16-5-10)18-14(20)11-4-13(8-17-6-11)19-23(2,21)22/h3-9,19H,1-2H3,(H,18,20)/t9-/m1/s1. The maximum absolute atomic E-state index is 13.1. The first-order valence-electron chi connectivity index (χ1n) is 6.59. The predicted octanol–water partition coefficient (Wildman–Crippen LogP) is 1.48. The molecule has 0 saturated heterocycles. The number of nitrogens with one attached hydrogen (secondary N) is 2. The number of pyridine rings is 2. The van der Waals surface area contributed by atoms with Crippen LogP contribution in [0.1, 0.15) is 28.9 Å². The van der Waals surface area contributed by atoms with Gasteiger partial charge in [0, 0.05) is 12.4 Å². The molecule has 1 atom stereocenters. The monoisotopic (exact) mass is 338 g/mol. The van der Waals surface area contributed by atoms with Crippen molar-refractivity contribution >= 4 is 21.6 Å². The van der Waals surface area contributed by atoms with Crippen molar-refractivity contribution in [3.63, 3.8) is 0 Å². The molecule has 0 aliphatic carbocycles. The van der Waals surface area contributed by atoms with Crippen LogP contribution in [0.2, 0.25) is 0 Å². The van der Waals surface area contributed by atoms with E-state index in [0.29, 0.717) is 5.56 Å². The van der Waals surface area contributed by atoms with Crippen molar-refractivity contribution in [2.75, 3.05) is 11.0 Å². The topological polar surface area (TPSA) is 101 Å². The molecule has 23 heavy (non-hydrogen) atoms. The molecular formula is C14H15FN4O3S. The minimum atomic E-state index is -3.46. The van der Waals surface area contributed by atoms with Crippen molar-refractivity contribution in [3.05, 3.63) is 53.9 Å². The molecule has 0 aliphatic heterocycles. The van der Waals surface area contributed by atoms with E-state index in [0.717, 1.165) is 12.5 Å². The SMILES string of the molecule is C[C@@H](NC(=O)c1cncc(NS(C)(=O)=O)c1)c1cncc(F)c1. The summed E-state index contributed by atoms with van der Waals surface area (Å²) in [7, 11) is -3.46. The average molecular weight is 338 g/mol. The molecule has 0 aliphatic rings. The van der Waals surface area contributed by atoms with Crippen LogP contribution >= 0.6 is 0 Å². The smallest absolute Gasteiger partial charge is 0.253 e. The second-order valence-corrected chi connectivity index (χ2v) is 6.72. The summed E-state index contributed by atoms with van der Waals surface area (Å²) in [6, 6.07) is 2.16. The van der Waals surface area contributed by atoms with E-state index in [1.54, 1.807) is 6.92 Å². The molecular weight excluding hydrogens is 323 g/mol. The highest BCUT2D eigenvalue weighted by Crippen LogP contribution is 2.14. The van der Waals surface area contributed by atoms with Gasteiger partial charge in [-0.15, -0.1) is 0 Å². The number of aromatic nitrogens is 2. The van der Waals surface area contributed by atoms with Gasteiger partial charge in [-0.1, -0.05) is 0 Å². The van der Waals surface area contributed by atoms with Crippen LogP contribution < -0.4 is 10.0 Å². The number of carbonyl (C=O) groups excluding carboxylic acids is 1. The van der Waals surface area contributed by atoms with Gasteiger partial charge in [0.2, 0.25) is 10.0 Å². The minimum Gasteiger partial charge on any atom is -0.345 e. The van der Waals surface area contributed by atoms with E-state index >= 15 is 0 Å². The fourth-order valence-electron chi connectivity index (χ4n) is 1.86. The molecule has 122 valence electrons. The summed E-state index contributed by atoms with van der Waals surface area (Å²) in [6.07, 6.45) is 6.12. The summed E-state index contributed by atoms with van der Waals surface area (Å²) >= 11 is 0. The van der Waals surface area contributed by atoms with Crippen molar-refractivity contribution in [2.24, 2.45) is 0 Å². The van der Waals surface area contributed by atoms with Gasteiger partial charge in [0.1, 0.15) is 5.82 Å². The molecule has 0 saturated carbocycles. The molecule has 2 rings (SSSR count). The molecule has 2 heterocycles. The first-order valence-corrected chi connectivity index (χ1v) is 8.48. The van der Waals surface area contributed by atoms with Crippen LogP contribution in [0.25, 0.3) is 0 Å². The van der Waals surface area contributed by atoms with Crippen LogP contribution in [-0.2, 0) is 10.0 Å². The van der Waals surface area contributed by atoms with Crippen LogP contribution in [0.5, 0.6) is 0 Å². The maximum Gasteiger partial charge on any atom is 0.253 e. The van der Waals surface area contributed by atoms with Crippen LogP contribution in [0, 0.1) is 5.82 Å². The predicted molar refractivity (Wildman–Crippen MR) is 82.8 cm³/mol. The van der Waals surface area contributed by atoms with Crippen molar-refractivity contribution in [2.45, 2.75) is 13.0 Å². The van der Waals surface area contributed by atoms with Gasteiger partial charge in [-0.2, -0.15) is 0 Å². The zero-order valence-electron chi connectivity index (χ0n) is 12.4. The Morgan fingerprint density at radius 2 is 1.87 bits per heavy atom. The van der Waals surface area contributed by atoms with Gasteiger partial charge >= 0.3 is 0 Å². The molecule has 0 unspecified atom stereocenters. The van der Waals surface area contributed by atoms with Gasteiger partial charge in [0.25, 0.3) is 5.91 Å². The second kappa shape index (κ2) is 6.69. The van der Waals surface area contributed by atoms with Crippen LogP contribution in [0.4, 0.5) is 10.1 Å². The highest BCUT2D eigenvalue weighted by Gasteiger charge is 2.14. The van der Waals surface area contributed by atoms with Crippen molar-refractivity contribution in [1.29, 1.82) is 0 Å². The van der Waals surface area contributed by atoms with Crippen molar-refractivity contribution < 1.29 is 17.6 Å². The third-order valence-corrected chi connectivity index (χ3v) is 3.48. The van der Waals surface area contributed by atoms with Gasteiger partial charge in [-0.25, -0.2) is 12.8 Å². The van der Waals surface area contributed by atoms with Gasteiger partial charge < -0.3 is 5.32 Å². The summed E-state index contributed by atoms with van der Waals surface area (Å²) in [6.45, 7) is 1.68. The van der Waals surface area contributed by atoms with E-state index in [-0.39, 0.29) is 11.3 Å². The van der Waals surface area contributed by atoms with E-state index in [1.165, 1.54) is 30.7 Å². The van der Waals surface area contributed by atoms with Crippen molar-refractivity contribution in [3.8, 4) is 0 Å². The highest BCUT2D eigenvalue weighted by molar-refractivity contribution is 7.92. The lowest BCUT2D eigenvalue weighted by Crippen LogP contribution is -2.27. The Kier molecular flexibility index (Phi) is 4.89. The third-order valence-electron chi connectivity index (χ3n) is 2.88. The number of halogens is 1. The number of hydrogen-bond donors (Lipinski definition) is 2. The zero-order valence-corrected chi connectivity index (χ0v) is 13.3. The number of sulfonamides is 1. The third kappa shape index (κ3) is 4.99. The van der Waals surface area contributed by atoms with Crippen molar-refractivity contribution in [1.82, 2.24) is 15.3 Å². The van der Waals surface area contributed by atoms with Crippen LogP contribution in [-0.4, -0.2) is 30.5 Å². The molecule has 1 amide bonds. The first kappa shape index (κ1) is 16.8. The highest BCUT2D eigenvalue weighted by atomic mass is 32.2. The molecule has 0 spiro atoms. The van der Waals surface area contributed by atoms with E-state index in [9.17, 15) is 17.6 Å². The minimum absolute atomic E-state index is 0.176. The number of rotatable bonds is 5. The molecule has 7 nitrogen and oxygen atoms in total. The molecule has 0 radical (unpaired) electrons. The Labute approximate surface area is 133 Å². The summed E-state index contributed by atoms with van der Waals surface area (Å²) in [5.41, 5.74) is 0.867. The first-order chi connectivity index (χ1) is 10.7. The second-order valence-electron chi connectivity index (χ2n) is 4.97. The molecule has 0 aromatic carbocycles. The lowest BCUT2D eigenvalue weighted by atomic mass is 10.1. The number of amides is 1. The van der Waals surface area contributed by atoms with Crippen LogP contribution in [0.3, 0.4) is 0 Å². The molecule has 2 aromatic rings. The Hall–Kier alpha value is -2.55. The fraction of sp³-hybridized carbons (Fsp3) is 0.214. The van der Waals surface area contributed by atoms with E-state index in [4.69, 9.17) is 0 Å². The molecule has 0 fully saturated rings. The number of nitrogens with zero attached hydrogens (tertiary/aromatic N) is 2. The van der Waals surface area contributed by atoms with Gasteiger partial charge in [0.15, 0.2) is 0 Å². The van der Waals surface area contributed by atoms with Gasteiger partial charge in [0.05, 0.1) is 35.9 Å². The largest absolute Gasteiger partial charge is 0.345 e. The average Bonchev–Trinajstić information content (AvgIpc) is 2.45.